The zero-order valence-corrected chi connectivity index (χ0v) is 20.0. The van der Waals surface area contributed by atoms with Crippen molar-refractivity contribution < 1.29 is 9.47 Å². The molecule has 0 saturated heterocycles. The standard InChI is InChI=1S/C25H27BrNO2Si/c1-25(2,30(21-9-5-3-6-10-21)22-11-7-4-8-12-22)18-28-17-20-16-27-23-15-19(26)13-14-24(23)29-20/h3-15,20,27H,16-18H2,1-2H3/t20-/m1/s1. The Morgan fingerprint density at radius 1 is 1.00 bits per heavy atom. The van der Waals surface area contributed by atoms with Crippen LogP contribution < -0.4 is 20.4 Å². The van der Waals surface area contributed by atoms with Crippen molar-refractivity contribution in [2.45, 2.75) is 25.0 Å². The largest absolute Gasteiger partial charge is 0.484 e. The Morgan fingerprint density at radius 2 is 1.63 bits per heavy atom. The van der Waals surface area contributed by atoms with Gasteiger partial charge in [-0.15, -0.1) is 0 Å². The van der Waals surface area contributed by atoms with Crippen molar-refractivity contribution in [1.82, 2.24) is 0 Å². The van der Waals surface area contributed by atoms with Crippen LogP contribution in [0.25, 0.3) is 0 Å². The van der Waals surface area contributed by atoms with Crippen LogP contribution in [0.15, 0.2) is 83.3 Å². The summed E-state index contributed by atoms with van der Waals surface area (Å²) in [6.45, 7) is 6.67. The summed E-state index contributed by atoms with van der Waals surface area (Å²) in [4.78, 5) is 0. The minimum absolute atomic E-state index is 0.0126. The van der Waals surface area contributed by atoms with E-state index in [0.717, 1.165) is 22.5 Å². The Labute approximate surface area is 189 Å². The molecule has 0 fully saturated rings. The number of ether oxygens (including phenoxy) is 2. The number of benzene rings is 3. The van der Waals surface area contributed by atoms with E-state index in [1.807, 2.05) is 18.2 Å². The van der Waals surface area contributed by atoms with Gasteiger partial charge in [0.15, 0.2) is 0 Å². The van der Waals surface area contributed by atoms with Crippen molar-refractivity contribution in [2.75, 3.05) is 25.1 Å². The second kappa shape index (κ2) is 9.37. The Hall–Kier alpha value is -2.08. The SMILES string of the molecule is CC(C)(COC[C@H]1CNc2cc(Br)ccc2O1)[Si](c1ccccc1)c1ccccc1. The third kappa shape index (κ3) is 4.97. The van der Waals surface area contributed by atoms with Crippen LogP contribution in [-0.4, -0.2) is 34.7 Å². The van der Waals surface area contributed by atoms with Gasteiger partial charge in [0.1, 0.15) is 20.7 Å². The van der Waals surface area contributed by atoms with E-state index in [9.17, 15) is 0 Å². The Balaban J connectivity index is 1.43. The van der Waals surface area contributed by atoms with Gasteiger partial charge in [0, 0.05) is 11.1 Å². The second-order valence-corrected chi connectivity index (χ2v) is 12.4. The van der Waals surface area contributed by atoms with Gasteiger partial charge in [0.2, 0.25) is 0 Å². The molecule has 1 radical (unpaired) electrons. The van der Waals surface area contributed by atoms with Gasteiger partial charge >= 0.3 is 0 Å². The second-order valence-electron chi connectivity index (χ2n) is 8.27. The third-order valence-electron chi connectivity index (χ3n) is 5.32. The topological polar surface area (TPSA) is 30.5 Å². The first-order chi connectivity index (χ1) is 14.5. The average Bonchev–Trinajstić information content (AvgIpc) is 2.75. The number of hydrogen-bond donors (Lipinski definition) is 1. The van der Waals surface area contributed by atoms with E-state index in [2.05, 4.69) is 95.8 Å². The van der Waals surface area contributed by atoms with E-state index in [-0.39, 0.29) is 11.1 Å². The lowest BCUT2D eigenvalue weighted by atomic mass is 10.2. The van der Waals surface area contributed by atoms with Gasteiger partial charge in [0.05, 0.1) is 18.8 Å². The molecular formula is C25H27BrNO2Si. The highest BCUT2D eigenvalue weighted by molar-refractivity contribution is 9.10. The molecule has 5 heteroatoms. The smallest absolute Gasteiger partial charge is 0.143 e. The molecule has 0 saturated carbocycles. The number of nitrogens with one attached hydrogen (secondary N) is 1. The Kier molecular flexibility index (Phi) is 6.61. The zero-order chi connectivity index (χ0) is 21.0. The molecule has 1 atom stereocenters. The normalized spacial score (nSPS) is 15.9. The van der Waals surface area contributed by atoms with Crippen molar-refractivity contribution in [3.63, 3.8) is 0 Å². The van der Waals surface area contributed by atoms with Crippen molar-refractivity contribution in [2.24, 2.45) is 0 Å². The van der Waals surface area contributed by atoms with E-state index in [0.29, 0.717) is 13.2 Å². The van der Waals surface area contributed by atoms with Gasteiger partial charge in [0.25, 0.3) is 0 Å². The highest BCUT2D eigenvalue weighted by Crippen LogP contribution is 2.32. The van der Waals surface area contributed by atoms with Crippen LogP contribution in [0.5, 0.6) is 5.75 Å². The maximum Gasteiger partial charge on any atom is 0.143 e. The van der Waals surface area contributed by atoms with Gasteiger partial charge in [-0.1, -0.05) is 101 Å². The molecule has 30 heavy (non-hydrogen) atoms. The summed E-state index contributed by atoms with van der Waals surface area (Å²) in [5, 5.41) is 6.30. The number of fused-ring (bicyclic) bond motifs is 1. The molecule has 3 aromatic carbocycles. The summed E-state index contributed by atoms with van der Waals surface area (Å²) in [6, 6.07) is 27.8. The van der Waals surface area contributed by atoms with E-state index in [4.69, 9.17) is 9.47 Å². The molecule has 0 spiro atoms. The molecule has 1 heterocycles. The molecule has 0 amide bonds. The summed E-state index contributed by atoms with van der Waals surface area (Å²) in [7, 11) is -1.02. The van der Waals surface area contributed by atoms with Gasteiger partial charge in [-0.2, -0.15) is 0 Å². The minimum atomic E-state index is -1.02. The minimum Gasteiger partial charge on any atom is -0.484 e. The predicted octanol–water partition coefficient (Wildman–Crippen LogP) is 4.73. The molecular weight excluding hydrogens is 454 g/mol. The van der Waals surface area contributed by atoms with Gasteiger partial charge < -0.3 is 14.8 Å². The van der Waals surface area contributed by atoms with E-state index >= 15 is 0 Å². The molecule has 1 aliphatic heterocycles. The summed E-state index contributed by atoms with van der Waals surface area (Å²) < 4.78 is 13.4. The summed E-state index contributed by atoms with van der Waals surface area (Å²) in [5.74, 6) is 0.885. The number of anilines is 1. The highest BCUT2D eigenvalue weighted by Gasteiger charge is 2.35. The summed E-state index contributed by atoms with van der Waals surface area (Å²) in [6.07, 6.45) is 0.0126. The predicted molar refractivity (Wildman–Crippen MR) is 130 cm³/mol. The molecule has 3 aromatic rings. The highest BCUT2D eigenvalue weighted by atomic mass is 79.9. The van der Waals surface area contributed by atoms with E-state index in [1.54, 1.807) is 0 Å². The van der Waals surface area contributed by atoms with E-state index < -0.39 is 8.80 Å². The molecule has 0 bridgehead atoms. The molecule has 1 N–H and O–H groups in total. The fraction of sp³-hybridized carbons (Fsp3) is 0.280. The first-order valence-electron chi connectivity index (χ1n) is 10.3. The van der Waals surface area contributed by atoms with Crippen molar-refractivity contribution >= 4 is 40.8 Å². The van der Waals surface area contributed by atoms with Crippen LogP contribution >= 0.6 is 15.9 Å². The maximum absolute atomic E-state index is 6.25. The quantitative estimate of drug-likeness (QED) is 0.495. The fourth-order valence-electron chi connectivity index (χ4n) is 3.96. The Morgan fingerprint density at radius 3 is 2.27 bits per heavy atom. The first-order valence-corrected chi connectivity index (χ1v) is 12.6. The van der Waals surface area contributed by atoms with Crippen LogP contribution in [-0.2, 0) is 4.74 Å². The lowest BCUT2D eigenvalue weighted by Gasteiger charge is -2.34. The van der Waals surface area contributed by atoms with Crippen LogP contribution in [0.2, 0.25) is 5.04 Å². The van der Waals surface area contributed by atoms with Crippen molar-refractivity contribution in [3.05, 3.63) is 83.3 Å². The van der Waals surface area contributed by atoms with Crippen LogP contribution in [0.3, 0.4) is 0 Å². The average molecular weight is 481 g/mol. The van der Waals surface area contributed by atoms with Gasteiger partial charge in [-0.3, -0.25) is 0 Å². The number of halogens is 1. The van der Waals surface area contributed by atoms with Crippen molar-refractivity contribution in [3.8, 4) is 5.75 Å². The summed E-state index contributed by atoms with van der Waals surface area (Å²) >= 11 is 3.50. The number of hydrogen-bond acceptors (Lipinski definition) is 3. The lowest BCUT2D eigenvalue weighted by molar-refractivity contribution is 0.0429. The lowest BCUT2D eigenvalue weighted by Crippen LogP contribution is -2.51. The van der Waals surface area contributed by atoms with Gasteiger partial charge in [-0.05, 0) is 23.2 Å². The van der Waals surface area contributed by atoms with Crippen LogP contribution in [0.1, 0.15) is 13.8 Å². The zero-order valence-electron chi connectivity index (χ0n) is 17.4. The molecule has 155 valence electrons. The maximum atomic E-state index is 6.25. The molecule has 1 aliphatic rings. The molecule has 0 aliphatic carbocycles. The molecule has 0 aromatic heterocycles. The van der Waals surface area contributed by atoms with Crippen LogP contribution in [0, 0.1) is 0 Å². The summed E-state index contributed by atoms with van der Waals surface area (Å²) in [5.41, 5.74) is 1.03. The number of rotatable bonds is 7. The molecule has 0 unspecified atom stereocenters. The van der Waals surface area contributed by atoms with Gasteiger partial charge in [-0.25, -0.2) is 0 Å². The van der Waals surface area contributed by atoms with Crippen LogP contribution in [0.4, 0.5) is 5.69 Å². The van der Waals surface area contributed by atoms with E-state index in [1.165, 1.54) is 10.4 Å². The molecule has 4 rings (SSSR count). The Bertz CT molecular complexity index is 926. The van der Waals surface area contributed by atoms with Crippen molar-refractivity contribution in [1.29, 1.82) is 0 Å². The monoisotopic (exact) mass is 480 g/mol. The first kappa shape index (κ1) is 21.2. The third-order valence-corrected chi connectivity index (χ3v) is 9.14. The fourth-order valence-corrected chi connectivity index (χ4v) is 7.51. The molecule has 3 nitrogen and oxygen atoms in total.